The van der Waals surface area contributed by atoms with Crippen molar-refractivity contribution in [3.05, 3.63) is 18.2 Å². The van der Waals surface area contributed by atoms with Crippen LogP contribution < -0.4 is 0 Å². The molecular formula is C15H25N3. The molecule has 1 aliphatic heterocycles. The fraction of sp³-hybridized carbons (Fsp3) is 0.800. The molecule has 3 nitrogen and oxygen atoms in total. The maximum atomic E-state index is 4.63. The lowest BCUT2D eigenvalue weighted by atomic mass is 9.98. The molecule has 0 spiro atoms. The lowest BCUT2D eigenvalue weighted by Gasteiger charge is -2.30. The van der Waals surface area contributed by atoms with Gasteiger partial charge in [0.15, 0.2) is 0 Å². The third-order valence-electron chi connectivity index (χ3n) is 4.64. The molecule has 1 aromatic heterocycles. The highest BCUT2D eigenvalue weighted by atomic mass is 15.1. The highest BCUT2D eigenvalue weighted by Crippen LogP contribution is 2.33. The van der Waals surface area contributed by atoms with Gasteiger partial charge in [-0.1, -0.05) is 12.8 Å². The first-order valence-electron chi connectivity index (χ1n) is 7.52. The van der Waals surface area contributed by atoms with Crippen LogP contribution in [0.5, 0.6) is 0 Å². The highest BCUT2D eigenvalue weighted by Gasteiger charge is 2.23. The lowest BCUT2D eigenvalue weighted by Crippen LogP contribution is -2.34. The van der Waals surface area contributed by atoms with Crippen molar-refractivity contribution in [3.63, 3.8) is 0 Å². The summed E-state index contributed by atoms with van der Waals surface area (Å²) in [6, 6.07) is 0. The molecule has 1 saturated carbocycles. The Labute approximate surface area is 110 Å². The lowest BCUT2D eigenvalue weighted by molar-refractivity contribution is 0.193. The fourth-order valence-electron chi connectivity index (χ4n) is 3.72. The topological polar surface area (TPSA) is 21.1 Å². The number of rotatable bonds is 3. The molecule has 1 saturated heterocycles. The van der Waals surface area contributed by atoms with Crippen molar-refractivity contribution >= 4 is 0 Å². The second kappa shape index (κ2) is 5.43. The highest BCUT2D eigenvalue weighted by molar-refractivity contribution is 5.03. The quantitative estimate of drug-likeness (QED) is 0.819. The minimum absolute atomic E-state index is 0.737. The number of hydrogen-bond donors (Lipinski definition) is 0. The smallest absolute Gasteiger partial charge is 0.111 e. The van der Waals surface area contributed by atoms with Crippen LogP contribution in [0.2, 0.25) is 0 Å². The van der Waals surface area contributed by atoms with Crippen LogP contribution >= 0.6 is 0 Å². The van der Waals surface area contributed by atoms with Gasteiger partial charge in [-0.3, -0.25) is 0 Å². The first-order chi connectivity index (χ1) is 8.83. The van der Waals surface area contributed by atoms with Crippen molar-refractivity contribution in [2.45, 2.75) is 51.0 Å². The molecule has 3 rings (SSSR count). The number of nitrogens with zero attached hydrogens (tertiary/aromatic N) is 3. The molecule has 3 heteroatoms. The molecular weight excluding hydrogens is 222 g/mol. The molecule has 1 atom stereocenters. The van der Waals surface area contributed by atoms with Gasteiger partial charge in [0.1, 0.15) is 5.82 Å². The Kier molecular flexibility index (Phi) is 3.69. The summed E-state index contributed by atoms with van der Waals surface area (Å²) in [4.78, 5) is 7.10. The normalized spacial score (nSPS) is 26.8. The van der Waals surface area contributed by atoms with Crippen LogP contribution in [0, 0.1) is 5.92 Å². The van der Waals surface area contributed by atoms with Crippen LogP contribution in [0.3, 0.4) is 0 Å². The van der Waals surface area contributed by atoms with Gasteiger partial charge in [-0.2, -0.15) is 0 Å². The zero-order chi connectivity index (χ0) is 12.4. The van der Waals surface area contributed by atoms with Crippen molar-refractivity contribution in [2.75, 3.05) is 20.1 Å². The van der Waals surface area contributed by atoms with Crippen molar-refractivity contribution in [1.82, 2.24) is 14.5 Å². The van der Waals surface area contributed by atoms with Gasteiger partial charge in [0.25, 0.3) is 0 Å². The minimum Gasteiger partial charge on any atom is -0.334 e. The monoisotopic (exact) mass is 247 g/mol. The Balaban J connectivity index is 1.66. The summed E-state index contributed by atoms with van der Waals surface area (Å²) in [6.07, 6.45) is 12.4. The molecule has 0 bridgehead atoms. The van der Waals surface area contributed by atoms with E-state index >= 15 is 0 Å². The van der Waals surface area contributed by atoms with E-state index in [1.54, 1.807) is 0 Å². The van der Waals surface area contributed by atoms with E-state index in [2.05, 4.69) is 27.7 Å². The van der Waals surface area contributed by atoms with Gasteiger partial charge in [-0.25, -0.2) is 4.98 Å². The minimum atomic E-state index is 0.737. The molecule has 0 aromatic carbocycles. The van der Waals surface area contributed by atoms with Crippen molar-refractivity contribution in [1.29, 1.82) is 0 Å². The summed E-state index contributed by atoms with van der Waals surface area (Å²) in [6.45, 7) is 3.70. The van der Waals surface area contributed by atoms with E-state index in [0.717, 1.165) is 11.8 Å². The predicted molar refractivity (Wildman–Crippen MR) is 73.7 cm³/mol. The summed E-state index contributed by atoms with van der Waals surface area (Å²) in [5.74, 6) is 2.92. The Hall–Kier alpha value is -0.830. The van der Waals surface area contributed by atoms with Crippen molar-refractivity contribution in [3.8, 4) is 0 Å². The third kappa shape index (κ3) is 2.61. The van der Waals surface area contributed by atoms with E-state index < -0.39 is 0 Å². The maximum absolute atomic E-state index is 4.63. The molecule has 0 N–H and O–H groups in total. The number of piperidine rings is 1. The van der Waals surface area contributed by atoms with Crippen LogP contribution in [0.4, 0.5) is 0 Å². The molecule has 1 aromatic rings. The molecule has 1 aliphatic carbocycles. The average molecular weight is 247 g/mol. The zero-order valence-electron chi connectivity index (χ0n) is 11.5. The first kappa shape index (κ1) is 12.2. The van der Waals surface area contributed by atoms with E-state index in [1.807, 2.05) is 6.20 Å². The maximum Gasteiger partial charge on any atom is 0.111 e. The standard InChI is InChI=1S/C15H25N3/c1-17-9-4-5-13(11-17)12-18-10-8-16-15(18)14-6-2-3-7-14/h8,10,13-14H,2-7,9,11-12H2,1H3. The van der Waals surface area contributed by atoms with E-state index in [9.17, 15) is 0 Å². The zero-order valence-corrected chi connectivity index (χ0v) is 11.5. The molecule has 0 radical (unpaired) electrons. The van der Waals surface area contributed by atoms with E-state index in [0.29, 0.717) is 0 Å². The molecule has 1 unspecified atom stereocenters. The second-order valence-corrected chi connectivity index (χ2v) is 6.19. The number of hydrogen-bond acceptors (Lipinski definition) is 2. The van der Waals surface area contributed by atoms with Crippen molar-refractivity contribution < 1.29 is 0 Å². The van der Waals surface area contributed by atoms with Crippen LogP contribution in [-0.2, 0) is 6.54 Å². The van der Waals surface area contributed by atoms with Gasteiger partial charge >= 0.3 is 0 Å². The second-order valence-electron chi connectivity index (χ2n) is 6.19. The van der Waals surface area contributed by atoms with E-state index in [1.165, 1.54) is 64.0 Å². The number of imidazole rings is 1. The summed E-state index contributed by atoms with van der Waals surface area (Å²) in [5, 5.41) is 0. The molecule has 18 heavy (non-hydrogen) atoms. The van der Waals surface area contributed by atoms with Gasteiger partial charge in [-0.15, -0.1) is 0 Å². The Bertz CT molecular complexity index is 379. The van der Waals surface area contributed by atoms with Crippen LogP contribution in [0.25, 0.3) is 0 Å². The molecule has 2 fully saturated rings. The summed E-state index contributed by atoms with van der Waals surface area (Å²) < 4.78 is 2.44. The van der Waals surface area contributed by atoms with Gasteiger partial charge in [0.2, 0.25) is 0 Å². The van der Waals surface area contributed by atoms with Crippen LogP contribution in [0.1, 0.15) is 50.3 Å². The van der Waals surface area contributed by atoms with Gasteiger partial charge in [-0.05, 0) is 45.2 Å². The third-order valence-corrected chi connectivity index (χ3v) is 4.64. The SMILES string of the molecule is CN1CCCC(Cn2ccnc2C2CCCC2)C1. The van der Waals surface area contributed by atoms with Crippen LogP contribution in [-0.4, -0.2) is 34.6 Å². The Morgan fingerprint density at radius 2 is 2.06 bits per heavy atom. The summed E-state index contributed by atoms with van der Waals surface area (Å²) in [5.41, 5.74) is 0. The van der Waals surface area contributed by atoms with Crippen molar-refractivity contribution in [2.24, 2.45) is 5.92 Å². The fourth-order valence-corrected chi connectivity index (χ4v) is 3.72. The van der Waals surface area contributed by atoms with E-state index in [4.69, 9.17) is 0 Å². The van der Waals surface area contributed by atoms with Gasteiger partial charge in [0.05, 0.1) is 0 Å². The van der Waals surface area contributed by atoms with Gasteiger partial charge < -0.3 is 9.47 Å². The summed E-state index contributed by atoms with van der Waals surface area (Å²) >= 11 is 0. The molecule has 2 aliphatic rings. The van der Waals surface area contributed by atoms with Gasteiger partial charge in [0, 0.05) is 31.4 Å². The predicted octanol–water partition coefficient (Wildman–Crippen LogP) is 2.88. The molecule has 0 amide bonds. The molecule has 2 heterocycles. The van der Waals surface area contributed by atoms with Crippen LogP contribution in [0.15, 0.2) is 12.4 Å². The first-order valence-corrected chi connectivity index (χ1v) is 7.52. The van der Waals surface area contributed by atoms with E-state index in [-0.39, 0.29) is 0 Å². The average Bonchev–Trinajstić information content (AvgIpc) is 2.98. The number of likely N-dealkylation sites (tertiary alicyclic amines) is 1. The Morgan fingerprint density at radius 1 is 1.22 bits per heavy atom. The molecule has 100 valence electrons. The Morgan fingerprint density at radius 3 is 2.83 bits per heavy atom. The number of aromatic nitrogens is 2. The largest absolute Gasteiger partial charge is 0.334 e. The summed E-state index contributed by atoms with van der Waals surface area (Å²) in [7, 11) is 2.25.